The number of ether oxygens (including phenoxy) is 1. The number of anilines is 1. The Kier molecular flexibility index (Phi) is 7.51. The Morgan fingerprint density at radius 3 is 2.55 bits per heavy atom. The molecule has 0 radical (unpaired) electrons. The van der Waals surface area contributed by atoms with Crippen molar-refractivity contribution in [3.63, 3.8) is 0 Å². The highest BCUT2D eigenvalue weighted by atomic mass is 16.5. The lowest BCUT2D eigenvalue weighted by Gasteiger charge is -2.16. The van der Waals surface area contributed by atoms with Crippen LogP contribution >= 0.6 is 0 Å². The van der Waals surface area contributed by atoms with E-state index in [9.17, 15) is 14.7 Å². The molecule has 2 N–H and O–H groups in total. The molecule has 1 atom stereocenters. The molecule has 168 valence electrons. The van der Waals surface area contributed by atoms with Gasteiger partial charge in [0.15, 0.2) is 11.2 Å². The van der Waals surface area contributed by atoms with Crippen molar-refractivity contribution in [1.29, 1.82) is 0 Å². The third-order valence-electron chi connectivity index (χ3n) is 5.24. The van der Waals surface area contributed by atoms with Crippen LogP contribution in [0.25, 0.3) is 11.2 Å². The van der Waals surface area contributed by atoms with Gasteiger partial charge in [0.05, 0.1) is 6.54 Å². The van der Waals surface area contributed by atoms with Gasteiger partial charge in [0.2, 0.25) is 5.95 Å². The number of hydrogen-bond acceptors (Lipinski definition) is 6. The lowest BCUT2D eigenvalue weighted by Crippen LogP contribution is -2.38. The van der Waals surface area contributed by atoms with Crippen molar-refractivity contribution in [1.82, 2.24) is 18.7 Å². The molecule has 0 fully saturated rings. The Hall–Kier alpha value is -3.07. The first-order chi connectivity index (χ1) is 14.9. The van der Waals surface area contributed by atoms with Gasteiger partial charge in [-0.15, -0.1) is 0 Å². The van der Waals surface area contributed by atoms with E-state index in [1.54, 1.807) is 11.6 Å². The van der Waals surface area contributed by atoms with E-state index in [0.717, 1.165) is 30.3 Å². The average Bonchev–Trinajstić information content (AvgIpc) is 3.13. The number of fused-ring (bicyclic) bond motifs is 1. The van der Waals surface area contributed by atoms with Crippen molar-refractivity contribution in [2.24, 2.45) is 14.1 Å². The number of aliphatic hydroxyl groups excluding tert-OH is 1. The minimum atomic E-state index is -0.875. The molecule has 2 heterocycles. The Bertz CT molecular complexity index is 1120. The van der Waals surface area contributed by atoms with E-state index in [4.69, 9.17) is 4.74 Å². The molecule has 0 aliphatic carbocycles. The fourth-order valence-corrected chi connectivity index (χ4v) is 3.48. The highest BCUT2D eigenvalue weighted by Crippen LogP contribution is 2.17. The molecule has 0 spiro atoms. The molecule has 1 unspecified atom stereocenters. The fraction of sp³-hybridized carbons (Fsp3) is 0.500. The number of benzene rings is 1. The zero-order valence-corrected chi connectivity index (χ0v) is 18.4. The molecule has 0 aliphatic rings. The van der Waals surface area contributed by atoms with Gasteiger partial charge in [-0.05, 0) is 18.6 Å². The van der Waals surface area contributed by atoms with Crippen molar-refractivity contribution in [2.45, 2.75) is 45.3 Å². The molecule has 0 bridgehead atoms. The molecular formula is C22H31N5O4. The third kappa shape index (κ3) is 5.16. The molecule has 0 saturated carbocycles. The van der Waals surface area contributed by atoms with Crippen LogP contribution in [0.3, 0.4) is 0 Å². The van der Waals surface area contributed by atoms with Crippen LogP contribution in [0, 0.1) is 0 Å². The second-order valence-corrected chi connectivity index (χ2v) is 7.69. The molecule has 1 aromatic carbocycles. The minimum absolute atomic E-state index is 0.0612. The maximum Gasteiger partial charge on any atom is 0.332 e. The van der Waals surface area contributed by atoms with Gasteiger partial charge < -0.3 is 19.7 Å². The number of para-hydroxylation sites is 1. The van der Waals surface area contributed by atoms with Crippen LogP contribution < -0.4 is 21.3 Å². The zero-order chi connectivity index (χ0) is 22.4. The van der Waals surface area contributed by atoms with E-state index in [2.05, 4.69) is 17.2 Å². The van der Waals surface area contributed by atoms with Crippen molar-refractivity contribution < 1.29 is 9.84 Å². The van der Waals surface area contributed by atoms with Gasteiger partial charge in [-0.25, -0.2) is 4.79 Å². The number of nitrogens with one attached hydrogen (secondary N) is 1. The van der Waals surface area contributed by atoms with E-state index in [0.29, 0.717) is 23.9 Å². The minimum Gasteiger partial charge on any atom is -0.491 e. The van der Waals surface area contributed by atoms with Crippen LogP contribution in [-0.4, -0.2) is 43.0 Å². The van der Waals surface area contributed by atoms with Crippen molar-refractivity contribution in [3.05, 3.63) is 51.2 Å². The number of nitrogens with zero attached hydrogens (tertiary/aromatic N) is 4. The SMILES string of the molecule is CCCCCCNc1nc2c(c(=O)n(C)c(=O)n2C)n1CC(O)COc1ccccc1. The van der Waals surface area contributed by atoms with Crippen LogP contribution in [0.2, 0.25) is 0 Å². The predicted molar refractivity (Wildman–Crippen MR) is 121 cm³/mol. The van der Waals surface area contributed by atoms with Crippen LogP contribution in [0.5, 0.6) is 5.75 Å². The summed E-state index contributed by atoms with van der Waals surface area (Å²) in [5.74, 6) is 1.12. The Morgan fingerprint density at radius 1 is 1.10 bits per heavy atom. The molecule has 0 aliphatic heterocycles. The Labute approximate surface area is 180 Å². The number of hydrogen-bond donors (Lipinski definition) is 2. The van der Waals surface area contributed by atoms with E-state index < -0.39 is 17.4 Å². The van der Waals surface area contributed by atoms with Gasteiger partial charge in [0, 0.05) is 20.6 Å². The molecule has 31 heavy (non-hydrogen) atoms. The third-order valence-corrected chi connectivity index (χ3v) is 5.24. The van der Waals surface area contributed by atoms with E-state index in [1.807, 2.05) is 30.3 Å². The first-order valence-electron chi connectivity index (χ1n) is 10.7. The number of aryl methyl sites for hydroxylation is 1. The Morgan fingerprint density at radius 2 is 1.84 bits per heavy atom. The summed E-state index contributed by atoms with van der Waals surface area (Å²) in [7, 11) is 3.02. The van der Waals surface area contributed by atoms with Crippen LogP contribution in [0.1, 0.15) is 32.6 Å². The molecule has 0 saturated heterocycles. The van der Waals surface area contributed by atoms with E-state index in [1.165, 1.54) is 11.6 Å². The standard InChI is InChI=1S/C22H31N5O4/c1-4-5-6-10-13-23-21-24-19-18(20(29)26(3)22(30)25(19)2)27(21)14-16(28)15-31-17-11-8-7-9-12-17/h7-9,11-12,16,28H,4-6,10,13-15H2,1-3H3,(H,23,24). The van der Waals surface area contributed by atoms with Gasteiger partial charge in [-0.3, -0.25) is 13.9 Å². The number of aliphatic hydroxyl groups is 1. The summed E-state index contributed by atoms with van der Waals surface area (Å²) in [5, 5.41) is 13.9. The normalized spacial score (nSPS) is 12.3. The van der Waals surface area contributed by atoms with E-state index in [-0.39, 0.29) is 18.7 Å². The maximum absolute atomic E-state index is 12.9. The van der Waals surface area contributed by atoms with Crippen LogP contribution in [-0.2, 0) is 20.6 Å². The summed E-state index contributed by atoms with van der Waals surface area (Å²) in [6.07, 6.45) is 3.48. The van der Waals surface area contributed by atoms with Gasteiger partial charge >= 0.3 is 5.69 Å². The zero-order valence-electron chi connectivity index (χ0n) is 18.4. The first kappa shape index (κ1) is 22.6. The summed E-state index contributed by atoms with van der Waals surface area (Å²) >= 11 is 0. The molecule has 2 aromatic heterocycles. The second kappa shape index (κ2) is 10.3. The highest BCUT2D eigenvalue weighted by Gasteiger charge is 2.21. The monoisotopic (exact) mass is 429 g/mol. The largest absolute Gasteiger partial charge is 0.491 e. The van der Waals surface area contributed by atoms with Crippen LogP contribution in [0.4, 0.5) is 5.95 Å². The predicted octanol–water partition coefficient (Wildman–Crippen LogP) is 1.87. The van der Waals surface area contributed by atoms with E-state index >= 15 is 0 Å². The molecule has 9 heteroatoms. The lowest BCUT2D eigenvalue weighted by molar-refractivity contribution is 0.0938. The molecule has 3 rings (SSSR count). The van der Waals surface area contributed by atoms with Gasteiger partial charge in [-0.2, -0.15) is 4.98 Å². The number of aromatic nitrogens is 4. The van der Waals surface area contributed by atoms with Crippen molar-refractivity contribution in [3.8, 4) is 5.75 Å². The Balaban J connectivity index is 1.87. The smallest absolute Gasteiger partial charge is 0.332 e. The first-order valence-corrected chi connectivity index (χ1v) is 10.7. The number of imidazole rings is 1. The molecule has 0 amide bonds. The molecular weight excluding hydrogens is 398 g/mol. The van der Waals surface area contributed by atoms with Gasteiger partial charge in [0.1, 0.15) is 18.5 Å². The summed E-state index contributed by atoms with van der Waals surface area (Å²) in [6, 6.07) is 9.23. The molecule has 9 nitrogen and oxygen atoms in total. The van der Waals surface area contributed by atoms with Crippen LogP contribution in [0.15, 0.2) is 39.9 Å². The van der Waals surface area contributed by atoms with Crippen molar-refractivity contribution in [2.75, 3.05) is 18.5 Å². The average molecular weight is 430 g/mol. The highest BCUT2D eigenvalue weighted by molar-refractivity contribution is 5.74. The van der Waals surface area contributed by atoms with Gasteiger partial charge in [0.25, 0.3) is 5.56 Å². The lowest BCUT2D eigenvalue weighted by atomic mass is 10.2. The quantitative estimate of drug-likeness (QED) is 0.451. The summed E-state index contributed by atoms with van der Waals surface area (Å²) in [5.41, 5.74) is -0.315. The summed E-state index contributed by atoms with van der Waals surface area (Å²) in [6.45, 7) is 3.01. The topological polar surface area (TPSA) is 103 Å². The number of rotatable bonds is 11. The summed E-state index contributed by atoms with van der Waals surface area (Å²) in [4.78, 5) is 29.7. The number of unbranched alkanes of at least 4 members (excludes halogenated alkanes) is 3. The second-order valence-electron chi connectivity index (χ2n) is 7.69. The van der Waals surface area contributed by atoms with Gasteiger partial charge in [-0.1, -0.05) is 44.4 Å². The molecule has 3 aromatic rings. The summed E-state index contributed by atoms with van der Waals surface area (Å²) < 4.78 is 9.70. The van der Waals surface area contributed by atoms with Crippen molar-refractivity contribution >= 4 is 17.1 Å². The maximum atomic E-state index is 12.9. The fourth-order valence-electron chi connectivity index (χ4n) is 3.48.